The monoisotopic (exact) mass is 507 g/mol. The van der Waals surface area contributed by atoms with Gasteiger partial charge < -0.3 is 14.2 Å². The van der Waals surface area contributed by atoms with Crippen molar-refractivity contribution in [3.05, 3.63) is 83.4 Å². The number of rotatable bonds is 7. The summed E-state index contributed by atoms with van der Waals surface area (Å²) in [5.74, 6) is 1.61. The zero-order valence-electron chi connectivity index (χ0n) is 21.0. The number of ether oxygens (including phenoxy) is 3. The molecule has 5 aromatic rings. The highest BCUT2D eigenvalue weighted by Gasteiger charge is 2.20. The Morgan fingerprint density at radius 1 is 0.892 bits per heavy atom. The van der Waals surface area contributed by atoms with E-state index in [1.807, 2.05) is 59.0 Å². The molecule has 0 bridgehead atoms. The van der Waals surface area contributed by atoms with E-state index in [0.717, 1.165) is 33.4 Å². The van der Waals surface area contributed by atoms with Crippen molar-refractivity contribution in [3.8, 4) is 34.6 Å². The first-order valence-electron chi connectivity index (χ1n) is 11.6. The minimum atomic E-state index is 0.504. The van der Waals surface area contributed by atoms with E-state index in [1.54, 1.807) is 33.1 Å². The van der Waals surface area contributed by atoms with Crippen molar-refractivity contribution in [2.75, 3.05) is 27.6 Å². The van der Waals surface area contributed by atoms with Gasteiger partial charge in [0, 0.05) is 10.5 Å². The average molecular weight is 508 g/mol. The predicted molar refractivity (Wildman–Crippen MR) is 150 cm³/mol. The highest BCUT2D eigenvalue weighted by molar-refractivity contribution is 7.98. The molecule has 0 spiro atoms. The molecule has 6 nitrogen and oxygen atoms in total. The molecule has 5 rings (SSSR count). The normalized spacial score (nSPS) is 11.2. The molecule has 2 aromatic heterocycles. The third-order valence-corrected chi connectivity index (χ3v) is 6.99. The second-order valence-corrected chi connectivity index (χ2v) is 9.13. The van der Waals surface area contributed by atoms with E-state index >= 15 is 0 Å². The molecule has 0 radical (unpaired) electrons. The Hall–Kier alpha value is -4.41. The van der Waals surface area contributed by atoms with Crippen LogP contribution in [-0.4, -0.2) is 37.0 Å². The van der Waals surface area contributed by atoms with Gasteiger partial charge in [0.2, 0.25) is 5.75 Å². The summed E-state index contributed by atoms with van der Waals surface area (Å²) in [6.45, 7) is 0. The van der Waals surface area contributed by atoms with Crippen LogP contribution in [0.5, 0.6) is 17.2 Å². The number of hydrogen-bond donors (Lipinski definition) is 0. The Morgan fingerprint density at radius 3 is 2.22 bits per heavy atom. The van der Waals surface area contributed by atoms with E-state index in [-0.39, 0.29) is 0 Å². The molecule has 0 saturated carbocycles. The molecule has 0 aliphatic heterocycles. The molecule has 0 amide bonds. The van der Waals surface area contributed by atoms with Gasteiger partial charge in [-0.3, -0.25) is 4.40 Å². The number of fused-ring (bicyclic) bond motifs is 3. The van der Waals surface area contributed by atoms with Gasteiger partial charge in [-0.1, -0.05) is 36.4 Å². The highest BCUT2D eigenvalue weighted by Crippen LogP contribution is 2.42. The van der Waals surface area contributed by atoms with Gasteiger partial charge in [0.25, 0.3) is 0 Å². The van der Waals surface area contributed by atoms with Crippen LogP contribution in [0.15, 0.2) is 71.6 Å². The summed E-state index contributed by atoms with van der Waals surface area (Å²) in [6, 6.07) is 24.4. The molecule has 7 heteroatoms. The molecule has 0 saturated heterocycles. The number of nitrogens with zero attached hydrogens (tertiary/aromatic N) is 3. The topological polar surface area (TPSA) is 68.8 Å². The molecule has 0 atom stereocenters. The Bertz CT molecular complexity index is 1660. The summed E-state index contributed by atoms with van der Waals surface area (Å²) in [7, 11) is 4.77. The fourth-order valence-corrected chi connectivity index (χ4v) is 4.85. The summed E-state index contributed by atoms with van der Waals surface area (Å²) in [6.07, 6.45) is 6.03. The van der Waals surface area contributed by atoms with Crippen LogP contribution in [0.4, 0.5) is 0 Å². The van der Waals surface area contributed by atoms with E-state index in [1.165, 1.54) is 4.90 Å². The number of pyridine rings is 1. The highest BCUT2D eigenvalue weighted by atomic mass is 32.2. The summed E-state index contributed by atoms with van der Waals surface area (Å²) < 4.78 is 18.8. The maximum atomic E-state index is 10.2. The lowest BCUT2D eigenvalue weighted by Crippen LogP contribution is -2.00. The van der Waals surface area contributed by atoms with Gasteiger partial charge in [-0.15, -0.1) is 11.8 Å². The fraction of sp³-hybridized carbons (Fsp3) is 0.133. The third-order valence-electron chi connectivity index (χ3n) is 6.25. The molecule has 2 heterocycles. The number of aromatic nitrogens is 2. The number of hydrogen-bond acceptors (Lipinski definition) is 6. The van der Waals surface area contributed by atoms with Crippen LogP contribution in [0.1, 0.15) is 16.7 Å². The van der Waals surface area contributed by atoms with Crippen LogP contribution in [0.2, 0.25) is 0 Å². The van der Waals surface area contributed by atoms with Crippen molar-refractivity contribution in [2.45, 2.75) is 4.90 Å². The predicted octanol–water partition coefficient (Wildman–Crippen LogP) is 6.94. The number of para-hydroxylation sites is 2. The standard InChI is InChI=1S/C30H25N3O3S/c1-34-27-16-21(17-28(35-2)29(27)36-3)26-15-20(12-9-19-10-13-22(37-4)14-11-19)23(18-31)30-32-24-7-5-6-8-25(24)33(26)30/h5-17H,1-4H3/b12-9+. The zero-order valence-corrected chi connectivity index (χ0v) is 21.8. The van der Waals surface area contributed by atoms with Crippen LogP contribution >= 0.6 is 11.8 Å². The van der Waals surface area contributed by atoms with Crippen molar-refractivity contribution in [1.29, 1.82) is 5.26 Å². The van der Waals surface area contributed by atoms with E-state index in [0.29, 0.717) is 28.5 Å². The van der Waals surface area contributed by atoms with Crippen molar-refractivity contribution >= 4 is 40.6 Å². The van der Waals surface area contributed by atoms with Gasteiger partial charge in [-0.05, 0) is 59.8 Å². The lowest BCUT2D eigenvalue weighted by atomic mass is 10.0. The average Bonchev–Trinajstić information content (AvgIpc) is 3.34. The van der Waals surface area contributed by atoms with E-state index in [2.05, 4.69) is 36.6 Å². The molecule has 0 N–H and O–H groups in total. The minimum absolute atomic E-state index is 0.504. The number of methoxy groups -OCH3 is 3. The summed E-state index contributed by atoms with van der Waals surface area (Å²) in [5, 5.41) is 10.2. The first-order chi connectivity index (χ1) is 18.1. The minimum Gasteiger partial charge on any atom is -0.493 e. The molecule has 37 heavy (non-hydrogen) atoms. The van der Waals surface area contributed by atoms with Gasteiger partial charge >= 0.3 is 0 Å². The molecule has 0 aliphatic carbocycles. The van der Waals surface area contributed by atoms with Gasteiger partial charge in [0.05, 0.1) is 38.1 Å². The van der Waals surface area contributed by atoms with E-state index in [9.17, 15) is 5.26 Å². The Labute approximate surface area is 219 Å². The van der Waals surface area contributed by atoms with Crippen molar-refractivity contribution < 1.29 is 14.2 Å². The van der Waals surface area contributed by atoms with Crippen LogP contribution in [0.25, 0.3) is 40.1 Å². The smallest absolute Gasteiger partial charge is 0.203 e. The molecular weight excluding hydrogens is 482 g/mol. The van der Waals surface area contributed by atoms with Crippen molar-refractivity contribution in [2.24, 2.45) is 0 Å². The van der Waals surface area contributed by atoms with Gasteiger partial charge in [0.1, 0.15) is 11.6 Å². The molecule has 0 unspecified atom stereocenters. The molecule has 0 fully saturated rings. The summed E-state index contributed by atoms with van der Waals surface area (Å²) in [5.41, 5.74) is 6.30. The first kappa shape index (κ1) is 24.3. The van der Waals surface area contributed by atoms with E-state index in [4.69, 9.17) is 19.2 Å². The number of imidazole rings is 1. The first-order valence-corrected chi connectivity index (χ1v) is 12.8. The fourth-order valence-electron chi connectivity index (χ4n) is 4.44. The van der Waals surface area contributed by atoms with Crippen LogP contribution < -0.4 is 14.2 Å². The van der Waals surface area contributed by atoms with Gasteiger partial charge in [0.15, 0.2) is 17.1 Å². The maximum Gasteiger partial charge on any atom is 0.203 e. The van der Waals surface area contributed by atoms with Crippen molar-refractivity contribution in [3.63, 3.8) is 0 Å². The number of thioether (sulfide) groups is 1. The van der Waals surface area contributed by atoms with Crippen LogP contribution in [0.3, 0.4) is 0 Å². The second-order valence-electron chi connectivity index (χ2n) is 8.25. The van der Waals surface area contributed by atoms with Crippen molar-refractivity contribution in [1.82, 2.24) is 9.38 Å². The molecule has 0 aliphatic rings. The lowest BCUT2D eigenvalue weighted by molar-refractivity contribution is 0.324. The Morgan fingerprint density at radius 2 is 1.59 bits per heavy atom. The molecular formula is C30H25N3O3S. The second kappa shape index (κ2) is 10.3. The number of benzene rings is 3. The van der Waals surface area contributed by atoms with Crippen LogP contribution in [-0.2, 0) is 0 Å². The van der Waals surface area contributed by atoms with E-state index < -0.39 is 0 Å². The molecule has 3 aromatic carbocycles. The third kappa shape index (κ3) is 4.37. The lowest BCUT2D eigenvalue weighted by Gasteiger charge is -2.16. The quantitative estimate of drug-likeness (QED) is 0.222. The SMILES string of the molecule is COc1cc(-c2cc(/C=C/c3ccc(SC)cc3)c(C#N)c3nc4ccccc4n23)cc(OC)c1OC. The number of nitriles is 1. The van der Waals surface area contributed by atoms with Crippen LogP contribution in [0, 0.1) is 11.3 Å². The van der Waals surface area contributed by atoms with Gasteiger partial charge in [-0.2, -0.15) is 5.26 Å². The Kier molecular flexibility index (Phi) is 6.76. The van der Waals surface area contributed by atoms with Gasteiger partial charge in [-0.25, -0.2) is 4.98 Å². The zero-order chi connectivity index (χ0) is 25.9. The maximum absolute atomic E-state index is 10.2. The Balaban J connectivity index is 1.80. The largest absolute Gasteiger partial charge is 0.493 e. The molecule has 184 valence electrons. The summed E-state index contributed by atoms with van der Waals surface area (Å²) >= 11 is 1.70. The summed E-state index contributed by atoms with van der Waals surface area (Å²) in [4.78, 5) is 6.05.